The van der Waals surface area contributed by atoms with Crippen molar-refractivity contribution in [3.8, 4) is 22.4 Å². The molecule has 0 N–H and O–H groups in total. The molecule has 0 saturated carbocycles. The molecule has 166 valence electrons. The molecule has 1 fully saturated rings. The number of hydrogen-bond acceptors (Lipinski definition) is 5. The first-order valence-corrected chi connectivity index (χ1v) is 12.3. The minimum absolute atomic E-state index is 0.0210. The number of pyridine rings is 1. The summed E-state index contributed by atoms with van der Waals surface area (Å²) in [5.41, 5.74) is 7.07. The van der Waals surface area contributed by atoms with Gasteiger partial charge in [0.25, 0.3) is 0 Å². The summed E-state index contributed by atoms with van der Waals surface area (Å²) in [5, 5.41) is 1.21. The highest BCUT2D eigenvalue weighted by Crippen LogP contribution is 2.49. The molecule has 5 rings (SSSR count). The molecule has 1 aliphatic heterocycles. The molecule has 3 heterocycles. The van der Waals surface area contributed by atoms with Gasteiger partial charge in [-0.3, -0.25) is 9.78 Å². The minimum Gasteiger partial charge on any atom is -0.378 e. The number of fused-ring (bicyclic) bond motifs is 1. The SMILES string of the molecule is CCc1ccccc1-c1cc(-c2c(N3CCOCC3)sc3c2CC(C)(C)CC3=O)ccn1. The molecular formula is C27H30N2O2S. The number of thiophene rings is 1. The molecule has 1 aromatic carbocycles. The van der Waals surface area contributed by atoms with Crippen LogP contribution in [0.2, 0.25) is 0 Å². The van der Waals surface area contributed by atoms with Gasteiger partial charge in [0.2, 0.25) is 0 Å². The average Bonchev–Trinajstić information content (AvgIpc) is 3.18. The number of ketones is 1. The van der Waals surface area contributed by atoms with Crippen molar-refractivity contribution in [3.63, 3.8) is 0 Å². The van der Waals surface area contributed by atoms with E-state index >= 15 is 0 Å². The number of Topliss-reactive ketones (excluding diaryl/α,β-unsaturated/α-hetero) is 1. The molecule has 32 heavy (non-hydrogen) atoms. The molecule has 0 radical (unpaired) electrons. The van der Waals surface area contributed by atoms with Crippen LogP contribution in [0.25, 0.3) is 22.4 Å². The molecule has 1 saturated heterocycles. The molecule has 1 aliphatic carbocycles. The van der Waals surface area contributed by atoms with Crippen LogP contribution in [0.4, 0.5) is 5.00 Å². The van der Waals surface area contributed by atoms with E-state index in [9.17, 15) is 4.79 Å². The van der Waals surface area contributed by atoms with Crippen LogP contribution in [-0.2, 0) is 17.6 Å². The minimum atomic E-state index is -0.0210. The predicted molar refractivity (Wildman–Crippen MR) is 132 cm³/mol. The number of aromatic nitrogens is 1. The quantitative estimate of drug-likeness (QED) is 0.491. The van der Waals surface area contributed by atoms with E-state index in [0.29, 0.717) is 6.42 Å². The number of aryl methyl sites for hydroxylation is 1. The third kappa shape index (κ3) is 3.89. The lowest BCUT2D eigenvalue weighted by Gasteiger charge is -2.30. The summed E-state index contributed by atoms with van der Waals surface area (Å²) in [6.45, 7) is 9.78. The molecule has 2 aromatic heterocycles. The second kappa shape index (κ2) is 8.45. The van der Waals surface area contributed by atoms with Crippen molar-refractivity contribution in [2.45, 2.75) is 40.0 Å². The summed E-state index contributed by atoms with van der Waals surface area (Å²) in [4.78, 5) is 21.2. The highest BCUT2D eigenvalue weighted by molar-refractivity contribution is 7.19. The Morgan fingerprint density at radius 1 is 1.12 bits per heavy atom. The van der Waals surface area contributed by atoms with Crippen molar-refractivity contribution in [2.24, 2.45) is 5.41 Å². The molecule has 0 spiro atoms. The second-order valence-electron chi connectivity index (χ2n) is 9.57. The topological polar surface area (TPSA) is 42.4 Å². The lowest BCUT2D eigenvalue weighted by Crippen LogP contribution is -2.36. The van der Waals surface area contributed by atoms with E-state index in [4.69, 9.17) is 9.72 Å². The first-order valence-electron chi connectivity index (χ1n) is 11.5. The van der Waals surface area contributed by atoms with Gasteiger partial charge in [0, 0.05) is 36.8 Å². The number of morpholine rings is 1. The van der Waals surface area contributed by atoms with Gasteiger partial charge in [-0.2, -0.15) is 0 Å². The van der Waals surface area contributed by atoms with Gasteiger partial charge in [-0.05, 0) is 47.1 Å². The van der Waals surface area contributed by atoms with Gasteiger partial charge >= 0.3 is 0 Å². The number of carbonyl (C=O) groups excluding carboxylic acids is 1. The Hall–Kier alpha value is -2.50. The molecule has 5 heteroatoms. The Morgan fingerprint density at radius 2 is 1.91 bits per heavy atom. The highest BCUT2D eigenvalue weighted by Gasteiger charge is 2.37. The van der Waals surface area contributed by atoms with Crippen molar-refractivity contribution < 1.29 is 9.53 Å². The number of ether oxygens (including phenoxy) is 1. The largest absolute Gasteiger partial charge is 0.378 e. The lowest BCUT2D eigenvalue weighted by molar-refractivity contribution is 0.0918. The number of carbonyl (C=O) groups is 1. The number of hydrogen-bond donors (Lipinski definition) is 0. The number of anilines is 1. The molecule has 0 bridgehead atoms. The molecule has 0 atom stereocenters. The Bertz CT molecular complexity index is 1160. The van der Waals surface area contributed by atoms with Crippen molar-refractivity contribution >= 4 is 22.1 Å². The molecular weight excluding hydrogens is 416 g/mol. The van der Waals surface area contributed by atoms with Gasteiger partial charge in [0.15, 0.2) is 5.78 Å². The van der Waals surface area contributed by atoms with Gasteiger partial charge < -0.3 is 9.64 Å². The smallest absolute Gasteiger partial charge is 0.173 e. The van der Waals surface area contributed by atoms with Gasteiger partial charge in [-0.1, -0.05) is 45.0 Å². The van der Waals surface area contributed by atoms with E-state index in [1.165, 1.54) is 27.3 Å². The lowest BCUT2D eigenvalue weighted by atomic mass is 9.75. The van der Waals surface area contributed by atoms with E-state index in [-0.39, 0.29) is 11.2 Å². The normalized spacial score (nSPS) is 18.0. The van der Waals surface area contributed by atoms with Crippen LogP contribution in [0, 0.1) is 5.41 Å². The van der Waals surface area contributed by atoms with Crippen molar-refractivity contribution in [3.05, 3.63) is 58.6 Å². The first-order chi connectivity index (χ1) is 15.5. The van der Waals surface area contributed by atoms with E-state index in [1.807, 2.05) is 6.20 Å². The summed E-state index contributed by atoms with van der Waals surface area (Å²) in [6, 6.07) is 12.8. The summed E-state index contributed by atoms with van der Waals surface area (Å²) >= 11 is 1.68. The maximum atomic E-state index is 13.1. The predicted octanol–water partition coefficient (Wildman–Crippen LogP) is 6.03. The maximum absolute atomic E-state index is 13.1. The molecule has 2 aliphatic rings. The number of nitrogens with zero attached hydrogens (tertiary/aromatic N) is 2. The Labute approximate surface area is 194 Å². The average molecular weight is 447 g/mol. The molecule has 0 amide bonds. The van der Waals surface area contributed by atoms with Crippen LogP contribution in [0.15, 0.2) is 42.6 Å². The summed E-state index contributed by atoms with van der Waals surface area (Å²) in [7, 11) is 0. The zero-order valence-corrected chi connectivity index (χ0v) is 19.9. The highest BCUT2D eigenvalue weighted by atomic mass is 32.1. The van der Waals surface area contributed by atoms with Crippen LogP contribution < -0.4 is 4.90 Å². The first kappa shape index (κ1) is 21.4. The van der Waals surface area contributed by atoms with Crippen LogP contribution in [0.1, 0.15) is 48.0 Å². The van der Waals surface area contributed by atoms with Crippen LogP contribution in [0.3, 0.4) is 0 Å². The standard InChI is InChI=1S/C27H30N2O2S/c1-4-18-7-5-6-8-20(18)22-15-19(9-10-28-22)24-21-16-27(2,3)17-23(30)25(21)32-26(24)29-11-13-31-14-12-29/h5-10,15H,4,11-14,16-17H2,1-3H3. The summed E-state index contributed by atoms with van der Waals surface area (Å²) < 4.78 is 5.61. The number of benzene rings is 1. The van der Waals surface area contributed by atoms with E-state index in [0.717, 1.165) is 55.3 Å². The fourth-order valence-corrected chi connectivity index (χ4v) is 6.33. The van der Waals surface area contributed by atoms with Crippen molar-refractivity contribution in [1.82, 2.24) is 4.98 Å². The number of rotatable bonds is 4. The van der Waals surface area contributed by atoms with Crippen molar-refractivity contribution in [1.29, 1.82) is 0 Å². The fraction of sp³-hybridized carbons (Fsp3) is 0.407. The third-order valence-electron chi connectivity index (χ3n) is 6.56. The van der Waals surface area contributed by atoms with E-state index in [1.54, 1.807) is 11.3 Å². The summed E-state index contributed by atoms with van der Waals surface area (Å²) in [5.74, 6) is 0.285. The third-order valence-corrected chi connectivity index (χ3v) is 7.89. The molecule has 0 unspecified atom stereocenters. The zero-order valence-electron chi connectivity index (χ0n) is 19.1. The van der Waals surface area contributed by atoms with E-state index < -0.39 is 0 Å². The molecule has 3 aromatic rings. The maximum Gasteiger partial charge on any atom is 0.173 e. The Morgan fingerprint density at radius 3 is 2.69 bits per heavy atom. The van der Waals surface area contributed by atoms with Crippen LogP contribution >= 0.6 is 11.3 Å². The van der Waals surface area contributed by atoms with E-state index in [2.05, 4.69) is 62.1 Å². The van der Waals surface area contributed by atoms with Gasteiger partial charge in [0.05, 0.1) is 28.8 Å². The monoisotopic (exact) mass is 446 g/mol. The van der Waals surface area contributed by atoms with Gasteiger partial charge in [-0.15, -0.1) is 11.3 Å². The van der Waals surface area contributed by atoms with Crippen LogP contribution in [0.5, 0.6) is 0 Å². The summed E-state index contributed by atoms with van der Waals surface area (Å²) in [6.07, 6.45) is 4.43. The van der Waals surface area contributed by atoms with Crippen molar-refractivity contribution in [2.75, 3.05) is 31.2 Å². The van der Waals surface area contributed by atoms with Gasteiger partial charge in [0.1, 0.15) is 0 Å². The zero-order chi connectivity index (χ0) is 22.3. The Kier molecular flexibility index (Phi) is 5.64. The molecule has 4 nitrogen and oxygen atoms in total. The second-order valence-corrected chi connectivity index (χ2v) is 10.6. The van der Waals surface area contributed by atoms with Gasteiger partial charge in [-0.25, -0.2) is 0 Å². The van der Waals surface area contributed by atoms with Crippen LogP contribution in [-0.4, -0.2) is 37.1 Å². The Balaban J connectivity index is 1.68. The fourth-order valence-electron chi connectivity index (χ4n) is 5.00.